The molecule has 0 saturated carbocycles. The Labute approximate surface area is 150 Å². The van der Waals surface area contributed by atoms with E-state index in [9.17, 15) is 9.59 Å². The van der Waals surface area contributed by atoms with Crippen LogP contribution < -0.4 is 14.8 Å². The molecule has 1 atom stereocenters. The van der Waals surface area contributed by atoms with Crippen LogP contribution >= 0.6 is 0 Å². The first-order valence-electron chi connectivity index (χ1n) is 8.32. The zero-order valence-electron chi connectivity index (χ0n) is 14.0. The predicted octanol–water partition coefficient (Wildman–Crippen LogP) is 1.78. The maximum Gasteiger partial charge on any atom is 0.249 e. The molecule has 2 aliphatic rings. The number of fused-ring (bicyclic) bond motifs is 1. The number of carbonyl (C=O) groups excluding carboxylic acids is 2. The van der Waals surface area contributed by atoms with Crippen LogP contribution in [0.4, 0.5) is 5.69 Å². The van der Waals surface area contributed by atoms with Crippen molar-refractivity contribution in [3.05, 3.63) is 54.1 Å². The summed E-state index contributed by atoms with van der Waals surface area (Å²) in [6, 6.07) is 14.1. The van der Waals surface area contributed by atoms with Crippen LogP contribution in [0.1, 0.15) is 5.56 Å². The van der Waals surface area contributed by atoms with Crippen molar-refractivity contribution in [2.24, 2.45) is 0 Å². The highest BCUT2D eigenvalue weighted by Crippen LogP contribution is 2.34. The molecule has 26 heavy (non-hydrogen) atoms. The molecule has 2 aliphatic heterocycles. The maximum atomic E-state index is 12.8. The molecule has 0 spiro atoms. The van der Waals surface area contributed by atoms with Gasteiger partial charge in [-0.15, -0.1) is 0 Å². The Morgan fingerprint density at radius 2 is 1.92 bits per heavy atom. The minimum Gasteiger partial charge on any atom is -0.454 e. The molecule has 2 heterocycles. The minimum atomic E-state index is -0.693. The van der Waals surface area contributed by atoms with E-state index in [1.165, 1.54) is 0 Å². The van der Waals surface area contributed by atoms with E-state index in [0.717, 1.165) is 5.56 Å². The maximum absolute atomic E-state index is 12.8. The molecule has 0 aliphatic carbocycles. The Balaban J connectivity index is 1.50. The van der Waals surface area contributed by atoms with E-state index in [1.54, 1.807) is 23.1 Å². The molecule has 2 aromatic carbocycles. The monoisotopic (exact) mass is 354 g/mol. The Kier molecular flexibility index (Phi) is 4.45. The smallest absolute Gasteiger partial charge is 0.249 e. The lowest BCUT2D eigenvalue weighted by Crippen LogP contribution is -2.54. The molecular formula is C19H18N2O5. The molecule has 134 valence electrons. The second-order valence-electron chi connectivity index (χ2n) is 6.10. The van der Waals surface area contributed by atoms with Gasteiger partial charge in [0.25, 0.3) is 0 Å². The van der Waals surface area contributed by atoms with E-state index in [0.29, 0.717) is 23.7 Å². The van der Waals surface area contributed by atoms with Gasteiger partial charge in [-0.2, -0.15) is 0 Å². The van der Waals surface area contributed by atoms with Crippen LogP contribution in [-0.4, -0.2) is 42.8 Å². The third-order valence-corrected chi connectivity index (χ3v) is 4.34. The molecule has 1 unspecified atom stereocenters. The summed E-state index contributed by atoms with van der Waals surface area (Å²) in [5, 5.41) is 2.83. The van der Waals surface area contributed by atoms with Gasteiger partial charge in [-0.3, -0.25) is 9.59 Å². The molecule has 2 aromatic rings. The van der Waals surface area contributed by atoms with E-state index < -0.39 is 6.04 Å². The number of morpholine rings is 1. The number of hydrogen-bond acceptors (Lipinski definition) is 5. The zero-order valence-corrected chi connectivity index (χ0v) is 14.0. The molecule has 0 radical (unpaired) electrons. The summed E-state index contributed by atoms with van der Waals surface area (Å²) < 4.78 is 15.9. The molecular weight excluding hydrogens is 336 g/mol. The van der Waals surface area contributed by atoms with Gasteiger partial charge in [0.1, 0.15) is 12.6 Å². The number of amides is 2. The molecule has 7 heteroatoms. The summed E-state index contributed by atoms with van der Waals surface area (Å²) in [5.41, 5.74) is 1.54. The quantitative estimate of drug-likeness (QED) is 0.906. The van der Waals surface area contributed by atoms with Crippen molar-refractivity contribution in [1.29, 1.82) is 0 Å². The fourth-order valence-corrected chi connectivity index (χ4v) is 3.00. The van der Waals surface area contributed by atoms with Gasteiger partial charge in [0.2, 0.25) is 18.6 Å². The highest BCUT2D eigenvalue weighted by molar-refractivity contribution is 5.98. The van der Waals surface area contributed by atoms with Gasteiger partial charge >= 0.3 is 0 Å². The van der Waals surface area contributed by atoms with Crippen molar-refractivity contribution in [3.8, 4) is 11.5 Å². The van der Waals surface area contributed by atoms with E-state index in [2.05, 4.69) is 5.32 Å². The number of ether oxygens (including phenoxy) is 3. The third kappa shape index (κ3) is 3.34. The average molecular weight is 354 g/mol. The normalized spacial score (nSPS) is 18.7. The minimum absolute atomic E-state index is 0.0133. The van der Waals surface area contributed by atoms with Crippen molar-refractivity contribution >= 4 is 17.5 Å². The van der Waals surface area contributed by atoms with Crippen LogP contribution in [0.15, 0.2) is 48.5 Å². The van der Waals surface area contributed by atoms with E-state index >= 15 is 0 Å². The second kappa shape index (κ2) is 7.05. The van der Waals surface area contributed by atoms with Crippen LogP contribution in [0.3, 0.4) is 0 Å². The van der Waals surface area contributed by atoms with Gasteiger partial charge < -0.3 is 24.4 Å². The number of nitrogens with zero attached hydrogens (tertiary/aromatic N) is 1. The number of rotatable bonds is 4. The Bertz CT molecular complexity index is 824. The number of nitrogens with one attached hydrogen (secondary N) is 1. The largest absolute Gasteiger partial charge is 0.454 e. The topological polar surface area (TPSA) is 77.1 Å². The van der Waals surface area contributed by atoms with E-state index in [-0.39, 0.29) is 31.8 Å². The first-order valence-corrected chi connectivity index (χ1v) is 8.32. The van der Waals surface area contributed by atoms with Gasteiger partial charge in [-0.25, -0.2) is 0 Å². The lowest BCUT2D eigenvalue weighted by molar-refractivity contribution is -0.154. The van der Waals surface area contributed by atoms with Crippen molar-refractivity contribution in [3.63, 3.8) is 0 Å². The van der Waals surface area contributed by atoms with Gasteiger partial charge in [0, 0.05) is 18.3 Å². The molecule has 4 rings (SSSR count). The summed E-state index contributed by atoms with van der Waals surface area (Å²) in [7, 11) is 0. The van der Waals surface area contributed by atoms with Crippen LogP contribution in [0.25, 0.3) is 0 Å². The Morgan fingerprint density at radius 3 is 2.77 bits per heavy atom. The average Bonchev–Trinajstić information content (AvgIpc) is 3.12. The fourth-order valence-electron chi connectivity index (χ4n) is 3.00. The van der Waals surface area contributed by atoms with Gasteiger partial charge in [0.15, 0.2) is 11.5 Å². The highest BCUT2D eigenvalue weighted by Gasteiger charge is 2.34. The fraction of sp³-hybridized carbons (Fsp3) is 0.263. The highest BCUT2D eigenvalue weighted by atomic mass is 16.7. The van der Waals surface area contributed by atoms with Gasteiger partial charge in [-0.1, -0.05) is 30.3 Å². The van der Waals surface area contributed by atoms with Crippen molar-refractivity contribution in [1.82, 2.24) is 4.90 Å². The first-order chi connectivity index (χ1) is 12.7. The van der Waals surface area contributed by atoms with Crippen LogP contribution in [-0.2, 0) is 20.9 Å². The molecule has 1 N–H and O–H groups in total. The third-order valence-electron chi connectivity index (χ3n) is 4.34. The van der Waals surface area contributed by atoms with Crippen LogP contribution in [0, 0.1) is 0 Å². The SMILES string of the molecule is O=C(Nc1ccc2c(c1)OCO2)C1COCC(=O)N1Cc1ccccc1. The Hall–Kier alpha value is -3.06. The second-order valence-corrected chi connectivity index (χ2v) is 6.10. The molecule has 0 bridgehead atoms. The summed E-state index contributed by atoms with van der Waals surface area (Å²) in [5.74, 6) is 0.726. The zero-order chi connectivity index (χ0) is 17.9. The van der Waals surface area contributed by atoms with Gasteiger partial charge in [0.05, 0.1) is 6.61 Å². The molecule has 1 fully saturated rings. The van der Waals surface area contributed by atoms with Crippen molar-refractivity contribution in [2.45, 2.75) is 12.6 Å². The summed E-state index contributed by atoms with van der Waals surface area (Å²) in [6.45, 7) is 0.681. The number of benzene rings is 2. The summed E-state index contributed by atoms with van der Waals surface area (Å²) >= 11 is 0. The Morgan fingerprint density at radius 1 is 1.12 bits per heavy atom. The summed E-state index contributed by atoms with van der Waals surface area (Å²) in [6.07, 6.45) is 0. The molecule has 0 aromatic heterocycles. The van der Waals surface area contributed by atoms with Gasteiger partial charge in [-0.05, 0) is 17.7 Å². The molecule has 2 amide bonds. The van der Waals surface area contributed by atoms with Crippen molar-refractivity contribution < 1.29 is 23.8 Å². The van der Waals surface area contributed by atoms with E-state index in [4.69, 9.17) is 14.2 Å². The van der Waals surface area contributed by atoms with Crippen LogP contribution in [0.5, 0.6) is 11.5 Å². The lowest BCUT2D eigenvalue weighted by atomic mass is 10.1. The number of carbonyl (C=O) groups is 2. The lowest BCUT2D eigenvalue weighted by Gasteiger charge is -2.34. The number of anilines is 1. The predicted molar refractivity (Wildman–Crippen MR) is 92.8 cm³/mol. The number of hydrogen-bond donors (Lipinski definition) is 1. The van der Waals surface area contributed by atoms with Crippen LogP contribution in [0.2, 0.25) is 0 Å². The summed E-state index contributed by atoms with van der Waals surface area (Å²) in [4.78, 5) is 26.6. The first kappa shape index (κ1) is 16.4. The molecule has 7 nitrogen and oxygen atoms in total. The van der Waals surface area contributed by atoms with E-state index in [1.807, 2.05) is 30.3 Å². The molecule has 1 saturated heterocycles. The van der Waals surface area contributed by atoms with Crippen molar-refractivity contribution in [2.75, 3.05) is 25.3 Å². The standard InChI is InChI=1S/C19H18N2O5/c22-18-11-24-10-15(21(18)9-13-4-2-1-3-5-13)19(23)20-14-6-7-16-17(8-14)26-12-25-16/h1-8,15H,9-12H2,(H,20,23).